The van der Waals surface area contributed by atoms with E-state index in [-0.39, 0.29) is 5.92 Å². The van der Waals surface area contributed by atoms with Crippen molar-refractivity contribution in [1.82, 2.24) is 14.1 Å². The monoisotopic (exact) mass is 615 g/mol. The smallest absolute Gasteiger partial charge is 0.171 e. The summed E-state index contributed by atoms with van der Waals surface area (Å²) in [6, 6.07) is 24.1. The molecule has 5 rings (SSSR count). The van der Waals surface area contributed by atoms with Gasteiger partial charge in [0.15, 0.2) is 8.24 Å². The van der Waals surface area contributed by atoms with Crippen LogP contribution in [0.3, 0.4) is 0 Å². The van der Waals surface area contributed by atoms with Gasteiger partial charge in [0.05, 0.1) is 10.6 Å². The maximum absolute atomic E-state index is 12.5. The molecule has 3 atom stereocenters. The van der Waals surface area contributed by atoms with Crippen molar-refractivity contribution >= 4 is 30.9 Å². The molecule has 230 valence electrons. The molecular weight excluding hydrogens is 566 g/mol. The molecule has 1 N–H and O–H groups in total. The summed E-state index contributed by atoms with van der Waals surface area (Å²) in [7, 11) is -2.02. The van der Waals surface area contributed by atoms with Crippen LogP contribution >= 0.6 is 11.6 Å². The highest BCUT2D eigenvalue weighted by Crippen LogP contribution is 2.48. The van der Waals surface area contributed by atoms with E-state index in [1.54, 1.807) is 6.20 Å². The average molecular weight is 616 g/mol. The number of fused-ring (bicyclic) bond motifs is 1. The number of hydrogen-bond acceptors (Lipinski definition) is 3. The largest absolute Gasteiger partial charge is 0.385 e. The summed E-state index contributed by atoms with van der Waals surface area (Å²) in [6.45, 7) is 18.0. The molecule has 2 aromatic carbocycles. The van der Waals surface area contributed by atoms with E-state index in [2.05, 4.69) is 124 Å². The zero-order chi connectivity index (χ0) is 30.9. The Balaban J connectivity index is 1.49. The maximum atomic E-state index is 12.5. The predicted molar refractivity (Wildman–Crippen MR) is 184 cm³/mol. The summed E-state index contributed by atoms with van der Waals surface area (Å²) >= 11 is 6.96. The topological polar surface area (TPSA) is 41.3 Å². The molecule has 2 heterocycles. The zero-order valence-corrected chi connectivity index (χ0v) is 28.9. The number of pyridine rings is 1. The van der Waals surface area contributed by atoms with Crippen molar-refractivity contribution in [3.63, 3.8) is 0 Å². The van der Waals surface area contributed by atoms with Gasteiger partial charge in [0.1, 0.15) is 5.65 Å². The predicted octanol–water partition coefficient (Wildman–Crippen LogP) is 9.79. The number of nitrogens with zero attached hydrogens (tertiary/aromatic N) is 3. The quantitative estimate of drug-likeness (QED) is 0.171. The van der Waals surface area contributed by atoms with Crippen LogP contribution < -0.4 is 0 Å². The maximum Gasteiger partial charge on any atom is 0.171 e. The highest BCUT2D eigenvalue weighted by atomic mass is 35.5. The fourth-order valence-electron chi connectivity index (χ4n) is 8.68. The van der Waals surface area contributed by atoms with Gasteiger partial charge in [0.25, 0.3) is 0 Å². The second-order valence-corrected chi connectivity index (χ2v) is 20.1. The molecule has 2 aromatic heterocycles. The SMILES string of the molecule is CC(C)[Si](C(C)C)(C(C)C)n1ccc2c(C(C)(O)C3CC[C@H](N(Cc4ccccc4)Cc4ccccc4)C3)c(Cl)cnc21. The Hall–Kier alpha value is -2.44. The van der Waals surface area contributed by atoms with Crippen molar-refractivity contribution < 1.29 is 5.11 Å². The minimum atomic E-state index is -2.02. The fraction of sp³-hybridized carbons (Fsp3) is 0.486. The molecule has 0 amide bonds. The Kier molecular flexibility index (Phi) is 9.58. The lowest BCUT2D eigenvalue weighted by Gasteiger charge is -2.44. The highest BCUT2D eigenvalue weighted by Gasteiger charge is 2.47. The highest BCUT2D eigenvalue weighted by molar-refractivity contribution is 6.82. The van der Waals surface area contributed by atoms with Gasteiger partial charge in [-0.1, -0.05) is 114 Å². The van der Waals surface area contributed by atoms with Crippen molar-refractivity contribution in [1.29, 1.82) is 0 Å². The number of benzene rings is 2. The molecule has 1 aliphatic carbocycles. The van der Waals surface area contributed by atoms with Gasteiger partial charge in [-0.05, 0) is 72.1 Å². The molecule has 0 spiro atoms. The molecule has 6 heteroatoms. The zero-order valence-electron chi connectivity index (χ0n) is 27.1. The van der Waals surface area contributed by atoms with Crippen LogP contribution in [0.15, 0.2) is 79.1 Å². The van der Waals surface area contributed by atoms with Crippen molar-refractivity contribution in [3.05, 3.63) is 101 Å². The van der Waals surface area contributed by atoms with E-state index in [4.69, 9.17) is 16.6 Å². The normalized spacial score (nSPS) is 19.3. The first-order valence-electron chi connectivity index (χ1n) is 16.2. The Bertz CT molecular complexity index is 1440. The first-order valence-corrected chi connectivity index (χ1v) is 18.7. The van der Waals surface area contributed by atoms with Gasteiger partial charge in [-0.15, -0.1) is 0 Å². The summed E-state index contributed by atoms with van der Waals surface area (Å²) in [5.41, 5.74) is 5.03. The molecule has 0 bridgehead atoms. The van der Waals surface area contributed by atoms with Gasteiger partial charge >= 0.3 is 0 Å². The van der Waals surface area contributed by atoms with Crippen LogP contribution in [0.4, 0.5) is 0 Å². The van der Waals surface area contributed by atoms with Crippen LogP contribution in [0.5, 0.6) is 0 Å². The lowest BCUT2D eigenvalue weighted by molar-refractivity contribution is -0.00563. The second-order valence-electron chi connectivity index (χ2n) is 13.9. The van der Waals surface area contributed by atoms with E-state index in [0.717, 1.165) is 48.9 Å². The molecule has 1 aliphatic rings. The second kappa shape index (κ2) is 12.9. The van der Waals surface area contributed by atoms with Crippen LogP contribution in [0.1, 0.15) is 84.4 Å². The molecule has 0 aliphatic heterocycles. The Morgan fingerprint density at radius 3 is 1.93 bits per heavy atom. The summed E-state index contributed by atoms with van der Waals surface area (Å²) in [4.78, 5) is 7.54. The van der Waals surface area contributed by atoms with Crippen LogP contribution in [-0.2, 0) is 18.7 Å². The van der Waals surface area contributed by atoms with Gasteiger partial charge in [-0.2, -0.15) is 0 Å². The standard InChI is InChI=1S/C37H50ClN3OSi/c1-26(2)43(27(3)4,28(5)6)41-21-20-33-35(34(38)23-39-36(33)41)37(7,42)31-18-19-32(22-31)40(24-29-14-10-8-11-15-29)25-30-16-12-9-13-17-30/h8-17,20-21,23,26-28,31-32,42H,18-19,22,24-25H2,1-7H3/t31?,32-,37?/m0/s1. The molecule has 4 aromatic rings. The first kappa shape index (κ1) is 32.0. The minimum absolute atomic E-state index is 0.0975. The lowest BCUT2D eigenvalue weighted by Crippen LogP contribution is -2.51. The first-order chi connectivity index (χ1) is 20.5. The van der Waals surface area contributed by atoms with E-state index in [1.807, 2.05) is 6.92 Å². The van der Waals surface area contributed by atoms with Crippen LogP contribution in [0.25, 0.3) is 11.0 Å². The van der Waals surface area contributed by atoms with Crippen molar-refractivity contribution in [3.8, 4) is 0 Å². The Morgan fingerprint density at radius 2 is 1.42 bits per heavy atom. The Morgan fingerprint density at radius 1 is 0.884 bits per heavy atom. The van der Waals surface area contributed by atoms with Crippen molar-refractivity contribution in [2.75, 3.05) is 0 Å². The van der Waals surface area contributed by atoms with Crippen LogP contribution in [0.2, 0.25) is 21.6 Å². The summed E-state index contributed by atoms with van der Waals surface area (Å²) in [5, 5.41) is 14.0. The van der Waals surface area contributed by atoms with Gasteiger partial charge in [0.2, 0.25) is 0 Å². The number of aliphatic hydroxyl groups is 1. The van der Waals surface area contributed by atoms with Gasteiger partial charge in [-0.3, -0.25) is 4.90 Å². The molecule has 0 radical (unpaired) electrons. The van der Waals surface area contributed by atoms with Gasteiger partial charge < -0.3 is 9.34 Å². The molecule has 0 saturated heterocycles. The molecular formula is C37H50ClN3OSi. The van der Waals surface area contributed by atoms with Gasteiger partial charge in [-0.25, -0.2) is 4.98 Å². The van der Waals surface area contributed by atoms with E-state index in [1.165, 1.54) is 11.1 Å². The number of halogens is 1. The summed E-state index contributed by atoms with van der Waals surface area (Å²) in [6.07, 6.45) is 6.97. The third-order valence-corrected chi connectivity index (χ3v) is 17.6. The summed E-state index contributed by atoms with van der Waals surface area (Å²) in [5.74, 6) is 0.0975. The molecule has 1 saturated carbocycles. The van der Waals surface area contributed by atoms with E-state index < -0.39 is 13.8 Å². The molecule has 1 fully saturated rings. The minimum Gasteiger partial charge on any atom is -0.385 e. The lowest BCUT2D eigenvalue weighted by atomic mass is 9.80. The number of aromatic nitrogens is 2. The fourth-order valence-corrected chi connectivity index (χ4v) is 15.6. The van der Waals surface area contributed by atoms with Crippen LogP contribution in [-0.4, -0.2) is 33.5 Å². The summed E-state index contributed by atoms with van der Waals surface area (Å²) < 4.78 is 2.52. The molecule has 4 nitrogen and oxygen atoms in total. The Labute approximate surface area is 265 Å². The molecule has 43 heavy (non-hydrogen) atoms. The third kappa shape index (κ3) is 5.98. The van der Waals surface area contributed by atoms with E-state index in [9.17, 15) is 5.11 Å². The number of rotatable bonds is 11. The van der Waals surface area contributed by atoms with Crippen LogP contribution in [0, 0.1) is 5.92 Å². The average Bonchev–Trinajstić information content (AvgIpc) is 3.62. The van der Waals surface area contributed by atoms with Gasteiger partial charge in [0, 0.05) is 36.3 Å². The van der Waals surface area contributed by atoms with Crippen molar-refractivity contribution in [2.45, 2.75) is 109 Å². The van der Waals surface area contributed by atoms with E-state index >= 15 is 0 Å². The third-order valence-electron chi connectivity index (χ3n) is 10.5. The van der Waals surface area contributed by atoms with Crippen molar-refractivity contribution in [2.24, 2.45) is 5.92 Å². The molecule has 2 unspecified atom stereocenters. The van der Waals surface area contributed by atoms with E-state index in [0.29, 0.717) is 27.7 Å². The number of hydrogen-bond donors (Lipinski definition) is 1.